The van der Waals surface area contributed by atoms with Gasteiger partial charge in [0, 0.05) is 24.1 Å². The minimum absolute atomic E-state index is 0.0579. The third kappa shape index (κ3) is 7.91. The molecule has 8 nitrogen and oxygen atoms in total. The van der Waals surface area contributed by atoms with E-state index in [-0.39, 0.29) is 17.5 Å². The first-order chi connectivity index (χ1) is 15.6. The lowest BCUT2D eigenvalue weighted by Crippen LogP contribution is -2.42. The van der Waals surface area contributed by atoms with Gasteiger partial charge in [-0.15, -0.1) is 0 Å². The van der Waals surface area contributed by atoms with Crippen molar-refractivity contribution in [2.45, 2.75) is 64.0 Å². The van der Waals surface area contributed by atoms with Gasteiger partial charge in [0.05, 0.1) is 5.56 Å². The van der Waals surface area contributed by atoms with Crippen LogP contribution in [0.25, 0.3) is 0 Å². The molecule has 0 heterocycles. The zero-order valence-electron chi connectivity index (χ0n) is 19.2. The Bertz CT molecular complexity index is 981. The number of hydrazine groups is 1. The molecule has 2 unspecified atom stereocenters. The molecule has 2 atom stereocenters. The maximum Gasteiger partial charge on any atom is 0.422 e. The molecule has 1 fully saturated rings. The van der Waals surface area contributed by atoms with Gasteiger partial charge in [-0.2, -0.15) is 0 Å². The van der Waals surface area contributed by atoms with Gasteiger partial charge in [-0.05, 0) is 75.4 Å². The molecule has 4 N–H and O–H groups in total. The lowest BCUT2D eigenvalue weighted by molar-refractivity contribution is -0.116. The summed E-state index contributed by atoms with van der Waals surface area (Å²) in [5.74, 6) is -0.701. The monoisotopic (exact) mass is 453 g/mol. The first-order valence-corrected chi connectivity index (χ1v) is 11.1. The normalized spacial score (nSPS) is 17.2. The van der Waals surface area contributed by atoms with Gasteiger partial charge in [-0.25, -0.2) is 15.0 Å². The van der Waals surface area contributed by atoms with E-state index in [1.807, 2.05) is 45.0 Å². The molecule has 0 bridgehead atoms. The van der Waals surface area contributed by atoms with Crippen LogP contribution in [0.1, 0.15) is 67.4 Å². The van der Waals surface area contributed by atoms with Crippen molar-refractivity contribution in [3.63, 3.8) is 0 Å². The lowest BCUT2D eigenvalue weighted by Gasteiger charge is -2.19. The number of ether oxygens (including phenoxy) is 1. The fourth-order valence-corrected chi connectivity index (χ4v) is 3.48. The van der Waals surface area contributed by atoms with Gasteiger partial charge in [0.2, 0.25) is 5.91 Å². The van der Waals surface area contributed by atoms with Crippen molar-refractivity contribution < 1.29 is 24.2 Å². The van der Waals surface area contributed by atoms with Crippen LogP contribution < -0.4 is 16.2 Å². The number of hydrogen-bond donors (Lipinski definition) is 4. The Balaban J connectivity index is 1.37. The number of carboxylic acid groups (broad SMARTS) is 1. The number of benzene rings is 2. The number of carboxylic acids is 1. The minimum Gasteiger partial charge on any atom is -0.478 e. The predicted octanol–water partition coefficient (Wildman–Crippen LogP) is 4.23. The summed E-state index contributed by atoms with van der Waals surface area (Å²) in [6.45, 7) is 5.44. The summed E-state index contributed by atoms with van der Waals surface area (Å²) in [6.07, 6.45) is 2.18. The molecule has 3 rings (SSSR count). The standard InChI is InChI=1S/C25H31N3O5/c1-25(2,3)33-24(32)28-27-21-15-20(21)17-11-13-19(14-12-17)26-22(29)6-4-5-16-7-9-18(10-8-16)23(30)31/h7-14,20-21,27H,4-6,15H2,1-3H3,(H,26,29)(H,28,32)(H,30,31). The number of rotatable bonds is 9. The highest BCUT2D eigenvalue weighted by atomic mass is 16.6. The summed E-state index contributed by atoms with van der Waals surface area (Å²) in [6, 6.07) is 14.6. The van der Waals surface area contributed by atoms with E-state index in [1.54, 1.807) is 24.3 Å². The van der Waals surface area contributed by atoms with E-state index in [0.29, 0.717) is 25.2 Å². The number of hydrogen-bond acceptors (Lipinski definition) is 5. The van der Waals surface area contributed by atoms with Crippen molar-refractivity contribution >= 4 is 23.7 Å². The Hall–Kier alpha value is -3.39. The topological polar surface area (TPSA) is 117 Å². The summed E-state index contributed by atoms with van der Waals surface area (Å²) >= 11 is 0. The molecule has 2 aromatic rings. The number of carbonyl (C=O) groups is 3. The Morgan fingerprint density at radius 2 is 1.70 bits per heavy atom. The van der Waals surface area contributed by atoms with Gasteiger partial charge in [0.15, 0.2) is 0 Å². The van der Waals surface area contributed by atoms with E-state index < -0.39 is 17.7 Å². The van der Waals surface area contributed by atoms with Gasteiger partial charge in [-0.1, -0.05) is 24.3 Å². The van der Waals surface area contributed by atoms with Crippen LogP contribution in [0.5, 0.6) is 0 Å². The molecule has 176 valence electrons. The first-order valence-electron chi connectivity index (χ1n) is 11.1. The zero-order chi connectivity index (χ0) is 24.0. The number of amides is 2. The van der Waals surface area contributed by atoms with Crippen LogP contribution in [0.2, 0.25) is 0 Å². The number of anilines is 1. The van der Waals surface area contributed by atoms with Gasteiger partial charge in [0.25, 0.3) is 0 Å². The van der Waals surface area contributed by atoms with Crippen LogP contribution >= 0.6 is 0 Å². The fraction of sp³-hybridized carbons (Fsp3) is 0.400. The van der Waals surface area contributed by atoms with Gasteiger partial charge in [-0.3, -0.25) is 10.2 Å². The maximum absolute atomic E-state index is 12.2. The zero-order valence-corrected chi connectivity index (χ0v) is 19.2. The quantitative estimate of drug-likeness (QED) is 0.422. The molecule has 1 aliphatic rings. The molecule has 33 heavy (non-hydrogen) atoms. The van der Waals surface area contributed by atoms with Crippen LogP contribution in [-0.2, 0) is 16.0 Å². The molecule has 2 aromatic carbocycles. The first kappa shape index (κ1) is 24.3. The maximum atomic E-state index is 12.2. The summed E-state index contributed by atoms with van der Waals surface area (Å²) < 4.78 is 5.20. The van der Waals surface area contributed by atoms with Crippen molar-refractivity contribution in [1.29, 1.82) is 0 Å². The third-order valence-electron chi connectivity index (χ3n) is 5.24. The summed E-state index contributed by atoms with van der Waals surface area (Å²) in [7, 11) is 0. The second-order valence-electron chi connectivity index (χ2n) is 9.25. The van der Waals surface area contributed by atoms with Crippen LogP contribution in [0.4, 0.5) is 10.5 Å². The van der Waals surface area contributed by atoms with Crippen molar-refractivity contribution in [1.82, 2.24) is 10.9 Å². The summed E-state index contributed by atoms with van der Waals surface area (Å²) in [4.78, 5) is 34.8. The SMILES string of the molecule is CC(C)(C)OC(=O)NNC1CC1c1ccc(NC(=O)CCCc2ccc(C(=O)O)cc2)cc1. The van der Waals surface area contributed by atoms with Gasteiger partial charge in [0.1, 0.15) is 5.60 Å². The predicted molar refractivity (Wildman–Crippen MR) is 125 cm³/mol. The average Bonchev–Trinajstić information content (AvgIpc) is 3.52. The molecule has 8 heteroatoms. The molecule has 1 aliphatic carbocycles. The largest absolute Gasteiger partial charge is 0.478 e. The van der Waals surface area contributed by atoms with Crippen molar-refractivity contribution in [3.8, 4) is 0 Å². The molecule has 0 saturated heterocycles. The fourth-order valence-electron chi connectivity index (χ4n) is 3.48. The number of carbonyl (C=O) groups excluding carboxylic acids is 2. The molecule has 2 amide bonds. The summed E-state index contributed by atoms with van der Waals surface area (Å²) in [5, 5.41) is 11.8. The van der Waals surface area contributed by atoms with Gasteiger partial charge < -0.3 is 15.2 Å². The summed E-state index contributed by atoms with van der Waals surface area (Å²) in [5.41, 5.74) is 8.18. The highest BCUT2D eigenvalue weighted by Gasteiger charge is 2.38. The molecule has 0 aliphatic heterocycles. The van der Waals surface area contributed by atoms with Crippen LogP contribution in [0.15, 0.2) is 48.5 Å². The number of nitrogens with one attached hydrogen (secondary N) is 3. The molecular formula is C25H31N3O5. The Labute approximate surface area is 193 Å². The smallest absolute Gasteiger partial charge is 0.422 e. The molecule has 0 spiro atoms. The van der Waals surface area contributed by atoms with E-state index in [2.05, 4.69) is 16.2 Å². The van der Waals surface area contributed by atoms with Crippen molar-refractivity contribution in [2.75, 3.05) is 5.32 Å². The van der Waals surface area contributed by atoms with E-state index in [9.17, 15) is 14.4 Å². The third-order valence-corrected chi connectivity index (χ3v) is 5.24. The second kappa shape index (κ2) is 10.5. The molecule has 0 aromatic heterocycles. The van der Waals surface area contributed by atoms with E-state index in [1.165, 1.54) is 0 Å². The van der Waals surface area contributed by atoms with Crippen LogP contribution in [0.3, 0.4) is 0 Å². The Morgan fingerprint density at radius 1 is 1.03 bits per heavy atom. The van der Waals surface area contributed by atoms with E-state index in [0.717, 1.165) is 23.2 Å². The molecular weight excluding hydrogens is 422 g/mol. The van der Waals surface area contributed by atoms with Crippen molar-refractivity contribution in [2.24, 2.45) is 0 Å². The second-order valence-corrected chi connectivity index (χ2v) is 9.25. The number of aryl methyl sites for hydroxylation is 1. The van der Waals surface area contributed by atoms with E-state index in [4.69, 9.17) is 9.84 Å². The highest BCUT2D eigenvalue weighted by molar-refractivity contribution is 5.90. The minimum atomic E-state index is -0.946. The lowest BCUT2D eigenvalue weighted by atomic mass is 10.1. The Morgan fingerprint density at radius 3 is 2.30 bits per heavy atom. The number of aromatic carboxylic acids is 1. The molecule has 1 saturated carbocycles. The average molecular weight is 454 g/mol. The molecule has 0 radical (unpaired) electrons. The highest BCUT2D eigenvalue weighted by Crippen LogP contribution is 2.40. The van der Waals surface area contributed by atoms with Crippen LogP contribution in [0, 0.1) is 0 Å². The Kier molecular flexibility index (Phi) is 7.71. The van der Waals surface area contributed by atoms with E-state index >= 15 is 0 Å². The van der Waals surface area contributed by atoms with Crippen molar-refractivity contribution in [3.05, 3.63) is 65.2 Å². The van der Waals surface area contributed by atoms with Gasteiger partial charge >= 0.3 is 12.1 Å². The van der Waals surface area contributed by atoms with Crippen LogP contribution in [-0.4, -0.2) is 34.7 Å².